The zero-order valence-electron chi connectivity index (χ0n) is 12.3. The van der Waals surface area contributed by atoms with E-state index in [9.17, 15) is 9.59 Å². The zero-order valence-corrected chi connectivity index (χ0v) is 16.3. The molecule has 0 N–H and O–H groups in total. The van der Waals surface area contributed by atoms with Crippen molar-refractivity contribution in [3.8, 4) is 11.5 Å². The summed E-state index contributed by atoms with van der Waals surface area (Å²) in [7, 11) is 1.24. The maximum absolute atomic E-state index is 11.9. The molecule has 0 aliphatic carbocycles. The summed E-state index contributed by atoms with van der Waals surface area (Å²) in [6, 6.07) is 9.63. The minimum atomic E-state index is -0.679. The Morgan fingerprint density at radius 2 is 1.67 bits per heavy atom. The van der Waals surface area contributed by atoms with Gasteiger partial charge in [-0.05, 0) is 36.4 Å². The van der Waals surface area contributed by atoms with Crippen LogP contribution in [0, 0.1) is 0 Å². The lowest BCUT2D eigenvalue weighted by molar-refractivity contribution is -0.136. The van der Waals surface area contributed by atoms with Crippen LogP contribution in [0.15, 0.2) is 45.3 Å². The Balaban J connectivity index is 2.06. The number of hydrogen-bond acceptors (Lipinski definition) is 5. The maximum atomic E-state index is 11.9. The van der Waals surface area contributed by atoms with Crippen LogP contribution in [0.5, 0.6) is 11.5 Å². The second-order valence-electron chi connectivity index (χ2n) is 4.47. The number of hydrogen-bond donors (Lipinski definition) is 0. The van der Waals surface area contributed by atoms with Gasteiger partial charge in [-0.25, -0.2) is 9.59 Å². The molecular weight excluding hydrogens is 467 g/mol. The largest absolute Gasteiger partial charge is 0.480 e. The molecular formula is C16H11Br2ClO5. The summed E-state index contributed by atoms with van der Waals surface area (Å²) in [5, 5.41) is 0.357. The van der Waals surface area contributed by atoms with Crippen LogP contribution in [0.4, 0.5) is 0 Å². The Kier molecular flexibility index (Phi) is 6.65. The van der Waals surface area contributed by atoms with Gasteiger partial charge in [0.05, 0.1) is 12.1 Å². The molecule has 0 saturated heterocycles. The number of halogens is 3. The van der Waals surface area contributed by atoms with Crippen molar-refractivity contribution >= 4 is 55.4 Å². The Bertz CT molecular complexity index is 779. The highest BCUT2D eigenvalue weighted by Gasteiger charge is 2.17. The third kappa shape index (κ3) is 4.96. The van der Waals surface area contributed by atoms with Crippen LogP contribution < -0.4 is 9.47 Å². The third-order valence-electron chi connectivity index (χ3n) is 2.81. The third-order valence-corrected chi connectivity index (χ3v) is 4.09. The summed E-state index contributed by atoms with van der Waals surface area (Å²) in [6.07, 6.45) is 0. The molecule has 24 heavy (non-hydrogen) atoms. The summed E-state index contributed by atoms with van der Waals surface area (Å²) in [4.78, 5) is 23.7. The van der Waals surface area contributed by atoms with Gasteiger partial charge >= 0.3 is 11.9 Å². The maximum Gasteiger partial charge on any atom is 0.349 e. The van der Waals surface area contributed by atoms with Crippen molar-refractivity contribution in [1.29, 1.82) is 0 Å². The SMILES string of the molecule is COC(=O)c1cc(Br)ccc1OC(=O)COc1ccc(Br)cc1Cl. The van der Waals surface area contributed by atoms with Crippen LogP contribution in [0.1, 0.15) is 10.4 Å². The molecule has 0 bridgehead atoms. The van der Waals surface area contributed by atoms with Crippen molar-refractivity contribution in [2.75, 3.05) is 13.7 Å². The molecule has 0 heterocycles. The first-order valence-electron chi connectivity index (χ1n) is 6.57. The van der Waals surface area contributed by atoms with Crippen LogP contribution in [-0.4, -0.2) is 25.7 Å². The second-order valence-corrected chi connectivity index (χ2v) is 6.71. The van der Waals surface area contributed by atoms with Gasteiger partial charge in [-0.3, -0.25) is 0 Å². The molecule has 0 amide bonds. The van der Waals surface area contributed by atoms with E-state index in [-0.39, 0.29) is 17.9 Å². The van der Waals surface area contributed by atoms with Gasteiger partial charge < -0.3 is 14.2 Å². The second kappa shape index (κ2) is 8.50. The van der Waals surface area contributed by atoms with Gasteiger partial charge in [0.25, 0.3) is 0 Å². The Hall–Kier alpha value is -1.57. The Labute approximate surface area is 160 Å². The first kappa shape index (κ1) is 18.8. The van der Waals surface area contributed by atoms with E-state index in [1.165, 1.54) is 19.2 Å². The van der Waals surface area contributed by atoms with Crippen molar-refractivity contribution < 1.29 is 23.8 Å². The Morgan fingerprint density at radius 1 is 1.04 bits per heavy atom. The highest BCUT2D eigenvalue weighted by molar-refractivity contribution is 9.10. The fourth-order valence-electron chi connectivity index (χ4n) is 1.74. The van der Waals surface area contributed by atoms with E-state index >= 15 is 0 Å². The molecule has 2 aromatic carbocycles. The van der Waals surface area contributed by atoms with E-state index in [0.29, 0.717) is 15.2 Å². The van der Waals surface area contributed by atoms with E-state index in [2.05, 4.69) is 36.6 Å². The number of rotatable bonds is 5. The molecule has 0 saturated carbocycles. The van der Waals surface area contributed by atoms with Crippen molar-refractivity contribution in [2.24, 2.45) is 0 Å². The van der Waals surface area contributed by atoms with E-state index in [1.807, 2.05) is 0 Å². The summed E-state index contributed by atoms with van der Waals surface area (Å²) in [6.45, 7) is -0.363. The molecule has 8 heteroatoms. The van der Waals surface area contributed by atoms with E-state index in [4.69, 9.17) is 21.1 Å². The van der Waals surface area contributed by atoms with Gasteiger partial charge in [-0.2, -0.15) is 0 Å². The van der Waals surface area contributed by atoms with Gasteiger partial charge in [0, 0.05) is 8.95 Å². The highest BCUT2D eigenvalue weighted by atomic mass is 79.9. The van der Waals surface area contributed by atoms with E-state index in [0.717, 1.165) is 4.47 Å². The predicted molar refractivity (Wildman–Crippen MR) is 95.8 cm³/mol. The molecule has 126 valence electrons. The molecule has 0 unspecified atom stereocenters. The zero-order chi connectivity index (χ0) is 17.7. The molecule has 2 aromatic rings. The number of benzene rings is 2. The summed E-state index contributed by atoms with van der Waals surface area (Å²) in [5.41, 5.74) is 0.127. The predicted octanol–water partition coefficient (Wildman–Crippen LogP) is 4.64. The number of ether oxygens (including phenoxy) is 3. The first-order chi connectivity index (χ1) is 11.4. The molecule has 0 atom stereocenters. The summed E-state index contributed by atoms with van der Waals surface area (Å²) < 4.78 is 16.6. The van der Waals surface area contributed by atoms with Gasteiger partial charge in [0.2, 0.25) is 0 Å². The van der Waals surface area contributed by atoms with Crippen LogP contribution in [-0.2, 0) is 9.53 Å². The normalized spacial score (nSPS) is 10.2. The molecule has 2 rings (SSSR count). The number of methoxy groups -OCH3 is 1. The lowest BCUT2D eigenvalue weighted by Crippen LogP contribution is -2.19. The first-order valence-corrected chi connectivity index (χ1v) is 8.53. The lowest BCUT2D eigenvalue weighted by atomic mass is 10.2. The average Bonchev–Trinajstić information content (AvgIpc) is 2.55. The molecule has 0 spiro atoms. The van der Waals surface area contributed by atoms with Gasteiger partial charge in [-0.1, -0.05) is 43.5 Å². The fraction of sp³-hybridized carbons (Fsp3) is 0.125. The fourth-order valence-corrected chi connectivity index (χ4v) is 2.83. The van der Waals surface area contributed by atoms with Crippen molar-refractivity contribution in [3.63, 3.8) is 0 Å². The lowest BCUT2D eigenvalue weighted by Gasteiger charge is -2.11. The van der Waals surface area contributed by atoms with Crippen LogP contribution in [0.2, 0.25) is 5.02 Å². The van der Waals surface area contributed by atoms with Gasteiger partial charge in [0.1, 0.15) is 17.1 Å². The molecule has 0 aliphatic heterocycles. The van der Waals surface area contributed by atoms with Crippen molar-refractivity contribution in [1.82, 2.24) is 0 Å². The van der Waals surface area contributed by atoms with Crippen LogP contribution in [0.3, 0.4) is 0 Å². The quantitative estimate of drug-likeness (QED) is 0.463. The number of carbonyl (C=O) groups is 2. The van der Waals surface area contributed by atoms with Crippen molar-refractivity contribution in [2.45, 2.75) is 0 Å². The standard InChI is InChI=1S/C16H11Br2ClO5/c1-22-16(21)11-6-9(17)2-4-13(11)24-15(20)8-23-14-5-3-10(18)7-12(14)19/h2-7H,8H2,1H3. The minimum Gasteiger partial charge on any atom is -0.480 e. The van der Waals surface area contributed by atoms with Gasteiger partial charge in [-0.15, -0.1) is 0 Å². The molecule has 0 aliphatic rings. The highest BCUT2D eigenvalue weighted by Crippen LogP contribution is 2.28. The topological polar surface area (TPSA) is 61.8 Å². The number of esters is 2. The van der Waals surface area contributed by atoms with Crippen molar-refractivity contribution in [3.05, 3.63) is 55.9 Å². The van der Waals surface area contributed by atoms with Gasteiger partial charge in [0.15, 0.2) is 6.61 Å². The monoisotopic (exact) mass is 476 g/mol. The molecule has 0 fully saturated rings. The number of carbonyl (C=O) groups excluding carboxylic acids is 2. The summed E-state index contributed by atoms with van der Waals surface area (Å²) in [5.74, 6) is -0.862. The minimum absolute atomic E-state index is 0.0838. The van der Waals surface area contributed by atoms with E-state index < -0.39 is 11.9 Å². The molecule has 0 aromatic heterocycles. The smallest absolute Gasteiger partial charge is 0.349 e. The molecule has 0 radical (unpaired) electrons. The van der Waals surface area contributed by atoms with E-state index in [1.54, 1.807) is 24.3 Å². The Morgan fingerprint density at radius 3 is 2.29 bits per heavy atom. The van der Waals surface area contributed by atoms with Crippen LogP contribution >= 0.6 is 43.5 Å². The molecule has 5 nitrogen and oxygen atoms in total. The van der Waals surface area contributed by atoms with Crippen LogP contribution in [0.25, 0.3) is 0 Å². The summed E-state index contributed by atoms with van der Waals surface area (Å²) >= 11 is 12.5. The average molecular weight is 479 g/mol.